The normalized spacial score (nSPS) is 17.7. The Morgan fingerprint density at radius 3 is 2.85 bits per heavy atom. The molecule has 2 rings (SSSR count). The van der Waals surface area contributed by atoms with Gasteiger partial charge < -0.3 is 10.6 Å². The number of piperidine rings is 1. The summed E-state index contributed by atoms with van der Waals surface area (Å²) in [4.78, 5) is 12.0. The van der Waals surface area contributed by atoms with Crippen LogP contribution in [0.1, 0.15) is 31.4 Å². The molecular weight excluding hydrogens is 336 g/mol. The zero-order valence-corrected chi connectivity index (χ0v) is 14.1. The van der Waals surface area contributed by atoms with Crippen molar-refractivity contribution in [3.63, 3.8) is 0 Å². The molecule has 5 heteroatoms. The number of amides is 1. The van der Waals surface area contributed by atoms with Crippen LogP contribution in [0.4, 0.5) is 0 Å². The zero-order chi connectivity index (χ0) is 14.4. The van der Waals surface area contributed by atoms with Crippen molar-refractivity contribution in [2.45, 2.75) is 31.1 Å². The molecule has 3 nitrogen and oxygen atoms in total. The summed E-state index contributed by atoms with van der Waals surface area (Å²) in [5, 5.41) is 7.04. The number of carbonyl (C=O) groups excluding carboxylic acids is 1. The average Bonchev–Trinajstić information content (AvgIpc) is 2.46. The van der Waals surface area contributed by atoms with E-state index in [0.717, 1.165) is 36.0 Å². The largest absolute Gasteiger partial charge is 0.349 e. The average molecular weight is 357 g/mol. The molecule has 0 spiro atoms. The fraction of sp³-hybridized carbons (Fsp3) is 0.533. The highest BCUT2D eigenvalue weighted by Gasteiger charge is 2.16. The number of thioether (sulfide) groups is 1. The molecule has 0 radical (unpaired) electrons. The summed E-state index contributed by atoms with van der Waals surface area (Å²) in [7, 11) is 0. The minimum Gasteiger partial charge on any atom is -0.349 e. The van der Waals surface area contributed by atoms with E-state index in [4.69, 9.17) is 0 Å². The lowest BCUT2D eigenvalue weighted by Crippen LogP contribution is -2.32. The Kier molecular flexibility index (Phi) is 6.39. The van der Waals surface area contributed by atoms with Gasteiger partial charge >= 0.3 is 0 Å². The molecule has 1 aliphatic heterocycles. The monoisotopic (exact) mass is 356 g/mol. The second-order valence-corrected chi connectivity index (χ2v) is 7.21. The molecular formula is C15H21BrN2OS. The fourth-order valence-electron chi connectivity index (χ4n) is 2.34. The van der Waals surface area contributed by atoms with Gasteiger partial charge in [-0.25, -0.2) is 0 Å². The van der Waals surface area contributed by atoms with E-state index in [2.05, 4.69) is 26.6 Å². The zero-order valence-electron chi connectivity index (χ0n) is 11.7. The van der Waals surface area contributed by atoms with Crippen LogP contribution in [0.3, 0.4) is 0 Å². The van der Waals surface area contributed by atoms with Crippen LogP contribution in [-0.4, -0.2) is 30.0 Å². The molecule has 0 aliphatic carbocycles. The van der Waals surface area contributed by atoms with Gasteiger partial charge in [0, 0.05) is 9.72 Å². The van der Waals surface area contributed by atoms with Gasteiger partial charge in [0.2, 0.25) is 5.91 Å². The third-order valence-corrected chi connectivity index (χ3v) is 5.58. The van der Waals surface area contributed by atoms with Crippen LogP contribution >= 0.6 is 27.7 Å². The highest BCUT2D eigenvalue weighted by atomic mass is 79.9. The summed E-state index contributed by atoms with van der Waals surface area (Å²) in [6, 6.07) is 8.05. The summed E-state index contributed by atoms with van der Waals surface area (Å²) in [5.41, 5.74) is 1.12. The molecule has 1 amide bonds. The van der Waals surface area contributed by atoms with Gasteiger partial charge in [0.05, 0.1) is 11.8 Å². The Hall–Kier alpha value is -0.520. The van der Waals surface area contributed by atoms with Gasteiger partial charge in [-0.05, 0) is 44.5 Å². The van der Waals surface area contributed by atoms with Gasteiger partial charge in [-0.15, -0.1) is 11.8 Å². The Balaban J connectivity index is 1.77. The predicted molar refractivity (Wildman–Crippen MR) is 89.0 cm³/mol. The Morgan fingerprint density at radius 1 is 1.45 bits per heavy atom. The van der Waals surface area contributed by atoms with E-state index in [9.17, 15) is 4.79 Å². The van der Waals surface area contributed by atoms with E-state index < -0.39 is 0 Å². The lowest BCUT2D eigenvalue weighted by molar-refractivity contribution is -0.119. The molecule has 20 heavy (non-hydrogen) atoms. The molecule has 1 aromatic carbocycles. The highest BCUT2D eigenvalue weighted by Crippen LogP contribution is 2.23. The van der Waals surface area contributed by atoms with Gasteiger partial charge in [-0.3, -0.25) is 4.79 Å². The molecule has 0 saturated carbocycles. The predicted octanol–water partition coefficient (Wildman–Crippen LogP) is 3.11. The number of hydrogen-bond acceptors (Lipinski definition) is 3. The first-order chi connectivity index (χ1) is 9.66. The van der Waals surface area contributed by atoms with Crippen LogP contribution in [0, 0.1) is 0 Å². The third kappa shape index (κ3) is 4.79. The van der Waals surface area contributed by atoms with E-state index in [-0.39, 0.29) is 11.9 Å². The molecule has 0 unspecified atom stereocenters. The smallest absolute Gasteiger partial charge is 0.230 e. The van der Waals surface area contributed by atoms with Crippen molar-refractivity contribution in [1.29, 1.82) is 0 Å². The summed E-state index contributed by atoms with van der Waals surface area (Å²) in [6.07, 6.45) is 2.33. The number of nitrogens with one attached hydrogen (secondary N) is 2. The molecule has 0 aromatic heterocycles. The minimum atomic E-state index is 0.0340. The van der Waals surface area contributed by atoms with Gasteiger partial charge in [0.15, 0.2) is 0 Å². The molecule has 1 saturated heterocycles. The van der Waals surface area contributed by atoms with E-state index in [1.165, 1.54) is 0 Å². The molecule has 1 heterocycles. The minimum absolute atomic E-state index is 0.0340. The number of carbonyl (C=O) groups is 1. The second kappa shape index (κ2) is 8.05. The summed E-state index contributed by atoms with van der Waals surface area (Å²) in [5.74, 6) is 0.677. The molecule has 110 valence electrons. The van der Waals surface area contributed by atoms with Crippen molar-refractivity contribution in [1.82, 2.24) is 10.6 Å². The van der Waals surface area contributed by atoms with Crippen molar-refractivity contribution in [2.75, 3.05) is 18.8 Å². The van der Waals surface area contributed by atoms with Crippen LogP contribution in [0.25, 0.3) is 0 Å². The van der Waals surface area contributed by atoms with Crippen molar-refractivity contribution in [3.8, 4) is 0 Å². The Morgan fingerprint density at radius 2 is 2.15 bits per heavy atom. The maximum Gasteiger partial charge on any atom is 0.230 e. The first-order valence-electron chi connectivity index (χ1n) is 7.03. The topological polar surface area (TPSA) is 41.1 Å². The van der Waals surface area contributed by atoms with Gasteiger partial charge in [0.25, 0.3) is 0 Å². The van der Waals surface area contributed by atoms with Crippen molar-refractivity contribution in [3.05, 3.63) is 34.3 Å². The quantitative estimate of drug-likeness (QED) is 0.851. The Labute approximate surface area is 133 Å². The Bertz CT molecular complexity index is 449. The summed E-state index contributed by atoms with van der Waals surface area (Å²) in [6.45, 7) is 4.17. The van der Waals surface area contributed by atoms with Crippen molar-refractivity contribution >= 4 is 33.6 Å². The number of rotatable bonds is 5. The molecule has 1 aliphatic rings. The maximum atomic E-state index is 12.0. The lowest BCUT2D eigenvalue weighted by Gasteiger charge is -2.22. The van der Waals surface area contributed by atoms with Crippen LogP contribution in [0.2, 0.25) is 0 Å². The summed E-state index contributed by atoms with van der Waals surface area (Å²) >= 11 is 5.31. The van der Waals surface area contributed by atoms with Crippen molar-refractivity contribution in [2.24, 2.45) is 0 Å². The number of hydrogen-bond donors (Lipinski definition) is 2. The van der Waals surface area contributed by atoms with Gasteiger partial charge in [0.1, 0.15) is 0 Å². The molecule has 1 fully saturated rings. The molecule has 1 atom stereocenters. The number of halogens is 1. The van der Waals surface area contributed by atoms with Crippen LogP contribution in [0.5, 0.6) is 0 Å². The highest BCUT2D eigenvalue weighted by molar-refractivity contribution is 9.10. The first-order valence-corrected chi connectivity index (χ1v) is 8.87. The van der Waals surface area contributed by atoms with Gasteiger partial charge in [-0.2, -0.15) is 0 Å². The first kappa shape index (κ1) is 15.9. The van der Waals surface area contributed by atoms with Gasteiger partial charge in [-0.1, -0.05) is 34.1 Å². The van der Waals surface area contributed by atoms with E-state index in [1.54, 1.807) is 11.8 Å². The van der Waals surface area contributed by atoms with Crippen molar-refractivity contribution < 1.29 is 4.79 Å². The molecule has 0 bridgehead atoms. The third-order valence-electron chi connectivity index (χ3n) is 3.49. The second-order valence-electron chi connectivity index (χ2n) is 5.07. The number of benzene rings is 1. The molecule has 1 aromatic rings. The fourth-order valence-corrected chi connectivity index (χ4v) is 4.01. The molecule has 2 N–H and O–H groups in total. The lowest BCUT2D eigenvalue weighted by atomic mass is 10.1. The SMILES string of the molecule is C[C@@H](NC(=O)CSC1CCNCC1)c1ccccc1Br. The van der Waals surface area contributed by atoms with E-state index in [0.29, 0.717) is 11.0 Å². The standard InChI is InChI=1S/C15H21BrN2OS/c1-11(13-4-2-3-5-14(13)16)18-15(19)10-20-12-6-8-17-9-7-12/h2-5,11-12,17H,6-10H2,1H3,(H,18,19)/t11-/m1/s1. The van der Waals surface area contributed by atoms with Crippen LogP contribution in [-0.2, 0) is 4.79 Å². The van der Waals surface area contributed by atoms with Crippen LogP contribution in [0.15, 0.2) is 28.7 Å². The summed E-state index contributed by atoms with van der Waals surface area (Å²) < 4.78 is 1.04. The van der Waals surface area contributed by atoms with Crippen LogP contribution < -0.4 is 10.6 Å². The van der Waals surface area contributed by atoms with E-state index in [1.807, 2.05) is 31.2 Å². The maximum absolute atomic E-state index is 12.0. The van der Waals surface area contributed by atoms with E-state index >= 15 is 0 Å².